The fourth-order valence-electron chi connectivity index (χ4n) is 5.24. The van der Waals surface area contributed by atoms with Gasteiger partial charge in [-0.25, -0.2) is 9.97 Å². The molecule has 4 aromatic rings. The van der Waals surface area contributed by atoms with Crippen molar-refractivity contribution in [2.75, 3.05) is 10.7 Å². The molecule has 2 aliphatic rings. The van der Waals surface area contributed by atoms with E-state index in [1.54, 1.807) is 0 Å². The Morgan fingerprint density at radius 3 is 1.71 bits per heavy atom. The zero-order valence-electron chi connectivity index (χ0n) is 21.1. The van der Waals surface area contributed by atoms with Crippen LogP contribution in [0.15, 0.2) is 60.7 Å². The molecule has 0 unspecified atom stereocenters. The first-order chi connectivity index (χ1) is 18.6. The first-order valence-corrected chi connectivity index (χ1v) is 15.1. The Morgan fingerprint density at radius 2 is 1.21 bits per heavy atom. The van der Waals surface area contributed by atoms with Crippen molar-refractivity contribution in [3.05, 3.63) is 94.6 Å². The highest BCUT2D eigenvalue weighted by molar-refractivity contribution is 9.09. The Bertz CT molecular complexity index is 1610. The number of aromatic amines is 2. The van der Waals surface area contributed by atoms with Gasteiger partial charge < -0.3 is 9.97 Å². The quantitative estimate of drug-likeness (QED) is 0.181. The molecule has 38 heavy (non-hydrogen) atoms. The lowest BCUT2D eigenvalue weighted by Gasteiger charge is -2.16. The lowest BCUT2D eigenvalue weighted by molar-refractivity contribution is 0.650. The second-order valence-corrected chi connectivity index (χ2v) is 11.3. The summed E-state index contributed by atoms with van der Waals surface area (Å²) in [5.74, 6) is 0.346. The molecule has 2 aliphatic heterocycles. The molecule has 2 N–H and O–H groups in total. The minimum Gasteiger partial charge on any atom is -0.355 e. The summed E-state index contributed by atoms with van der Waals surface area (Å²) in [4.78, 5) is 17.4. The number of aryl methyl sites for hydroxylation is 1. The summed E-state index contributed by atoms with van der Waals surface area (Å²) in [7, 11) is 0. The smallest absolute Gasteiger partial charge is 0.0694 e. The zero-order chi connectivity index (χ0) is 26.1. The topological polar surface area (TPSA) is 57.4 Å². The number of halogens is 2. The van der Waals surface area contributed by atoms with Crippen molar-refractivity contribution < 1.29 is 0 Å². The maximum absolute atomic E-state index is 5.07. The zero-order valence-corrected chi connectivity index (χ0v) is 24.3. The summed E-state index contributed by atoms with van der Waals surface area (Å²) in [6.45, 7) is 2.12. The van der Waals surface area contributed by atoms with Crippen molar-refractivity contribution in [3.8, 4) is 11.1 Å². The van der Waals surface area contributed by atoms with E-state index in [1.807, 2.05) is 0 Å². The van der Waals surface area contributed by atoms with E-state index in [9.17, 15) is 0 Å². The van der Waals surface area contributed by atoms with E-state index in [1.165, 1.54) is 11.1 Å². The van der Waals surface area contributed by atoms with Gasteiger partial charge in [0.05, 0.1) is 22.8 Å². The number of fused-ring (bicyclic) bond motifs is 8. The Balaban J connectivity index is 1.66. The van der Waals surface area contributed by atoms with Crippen molar-refractivity contribution in [1.82, 2.24) is 19.9 Å². The molecule has 8 bridgehead atoms. The van der Waals surface area contributed by atoms with E-state index in [2.05, 4.69) is 134 Å². The molecule has 0 aliphatic carbocycles. The Labute approximate surface area is 239 Å². The normalized spacial score (nSPS) is 12.5. The van der Waals surface area contributed by atoms with Crippen LogP contribution in [0.25, 0.3) is 57.5 Å². The monoisotopic (exact) mass is 626 g/mol. The number of rotatable bonds is 6. The average molecular weight is 628 g/mol. The minimum atomic E-state index is 0.346. The standard InChI is InChI=1S/C32H28Br2N4/c1-20-2-4-21(5-3-20)31-27-10-6-23(35-27)18-25-8-12-29(37-25)32(22(14-16-33)15-17-34)30-13-9-26(38-30)19-24-7-11-28(31)36-24/h2-13,18-19,22,35-36H,14-17H2,1H3. The average Bonchev–Trinajstić information content (AvgIpc) is 3.72. The lowest BCUT2D eigenvalue weighted by atomic mass is 9.91. The van der Waals surface area contributed by atoms with Crippen LogP contribution in [-0.4, -0.2) is 30.6 Å². The third-order valence-electron chi connectivity index (χ3n) is 7.10. The van der Waals surface area contributed by atoms with Crippen molar-refractivity contribution in [1.29, 1.82) is 0 Å². The summed E-state index contributed by atoms with van der Waals surface area (Å²) in [5.41, 5.74) is 12.8. The number of H-pyrrole nitrogens is 2. The molecule has 0 saturated heterocycles. The molecule has 0 spiro atoms. The van der Waals surface area contributed by atoms with Crippen LogP contribution in [0.1, 0.15) is 52.7 Å². The van der Waals surface area contributed by atoms with Crippen LogP contribution < -0.4 is 0 Å². The van der Waals surface area contributed by atoms with Crippen molar-refractivity contribution in [2.24, 2.45) is 0 Å². The van der Waals surface area contributed by atoms with E-state index in [0.717, 1.165) is 79.5 Å². The molecule has 0 radical (unpaired) electrons. The number of aromatic nitrogens is 4. The molecule has 5 heterocycles. The van der Waals surface area contributed by atoms with Crippen LogP contribution >= 0.6 is 31.9 Å². The molecular weight excluding hydrogens is 600 g/mol. The number of nitrogens with zero attached hydrogens (tertiary/aromatic N) is 2. The summed E-state index contributed by atoms with van der Waals surface area (Å²) < 4.78 is 0. The predicted molar refractivity (Wildman–Crippen MR) is 169 cm³/mol. The van der Waals surface area contributed by atoms with Gasteiger partial charge in [0.2, 0.25) is 0 Å². The van der Waals surface area contributed by atoms with E-state index in [4.69, 9.17) is 9.97 Å². The van der Waals surface area contributed by atoms with Gasteiger partial charge in [0, 0.05) is 43.9 Å². The van der Waals surface area contributed by atoms with Crippen LogP contribution in [0.4, 0.5) is 0 Å². The number of benzene rings is 1. The van der Waals surface area contributed by atoms with Gasteiger partial charge in [0.1, 0.15) is 0 Å². The van der Waals surface area contributed by atoms with Crippen LogP contribution in [0, 0.1) is 6.92 Å². The van der Waals surface area contributed by atoms with Gasteiger partial charge in [0.15, 0.2) is 0 Å². The van der Waals surface area contributed by atoms with Crippen LogP contribution in [0.3, 0.4) is 0 Å². The van der Waals surface area contributed by atoms with Gasteiger partial charge in [-0.2, -0.15) is 0 Å². The van der Waals surface area contributed by atoms with E-state index in [-0.39, 0.29) is 0 Å². The SMILES string of the molecule is Cc1ccc(-c2c3ccc(cc4nc(c(C(CCBr)CCBr)c5nc(cc6ccc2[nH]6)C=C5)C=C4)[nH]3)cc1. The van der Waals surface area contributed by atoms with Gasteiger partial charge in [-0.1, -0.05) is 61.7 Å². The summed E-state index contributed by atoms with van der Waals surface area (Å²) in [6.07, 6.45) is 10.5. The van der Waals surface area contributed by atoms with E-state index in [0.29, 0.717) is 5.92 Å². The van der Waals surface area contributed by atoms with Crippen molar-refractivity contribution in [2.45, 2.75) is 25.7 Å². The molecule has 6 rings (SSSR count). The maximum atomic E-state index is 5.07. The lowest BCUT2D eigenvalue weighted by Crippen LogP contribution is -2.05. The molecule has 190 valence electrons. The summed E-state index contributed by atoms with van der Waals surface area (Å²) >= 11 is 7.34. The highest BCUT2D eigenvalue weighted by Crippen LogP contribution is 2.34. The van der Waals surface area contributed by atoms with Gasteiger partial charge in [-0.3, -0.25) is 0 Å². The van der Waals surface area contributed by atoms with Gasteiger partial charge >= 0.3 is 0 Å². The summed E-state index contributed by atoms with van der Waals surface area (Å²) in [5, 5.41) is 1.87. The fourth-order valence-corrected chi connectivity index (χ4v) is 6.35. The van der Waals surface area contributed by atoms with E-state index >= 15 is 0 Å². The third kappa shape index (κ3) is 5.07. The molecule has 0 saturated carbocycles. The predicted octanol–water partition coefficient (Wildman–Crippen LogP) is 9.28. The first-order valence-electron chi connectivity index (χ1n) is 12.9. The molecule has 0 amide bonds. The second kappa shape index (κ2) is 10.9. The van der Waals surface area contributed by atoms with Crippen LogP contribution in [0.2, 0.25) is 0 Å². The van der Waals surface area contributed by atoms with Crippen LogP contribution in [-0.2, 0) is 0 Å². The van der Waals surface area contributed by atoms with Crippen LogP contribution in [0.5, 0.6) is 0 Å². The third-order valence-corrected chi connectivity index (χ3v) is 8.02. The fraction of sp³-hybridized carbons (Fsp3) is 0.188. The Morgan fingerprint density at radius 1 is 0.684 bits per heavy atom. The second-order valence-electron chi connectivity index (χ2n) is 9.76. The molecule has 0 fully saturated rings. The first kappa shape index (κ1) is 25.1. The maximum Gasteiger partial charge on any atom is 0.0694 e. The molecule has 4 nitrogen and oxygen atoms in total. The van der Waals surface area contributed by atoms with E-state index < -0.39 is 0 Å². The number of hydrogen-bond acceptors (Lipinski definition) is 2. The van der Waals surface area contributed by atoms with Gasteiger partial charge in [-0.05, 0) is 91.9 Å². The highest BCUT2D eigenvalue weighted by atomic mass is 79.9. The molecule has 0 atom stereocenters. The molecular formula is C32H28Br2N4. The molecule has 1 aromatic carbocycles. The molecule has 6 heteroatoms. The molecule has 3 aromatic heterocycles. The number of nitrogens with one attached hydrogen (secondary N) is 2. The van der Waals surface area contributed by atoms with Crippen molar-refractivity contribution in [3.63, 3.8) is 0 Å². The largest absolute Gasteiger partial charge is 0.355 e. The van der Waals surface area contributed by atoms with Gasteiger partial charge in [-0.15, -0.1) is 0 Å². The Kier molecular flexibility index (Phi) is 7.18. The van der Waals surface area contributed by atoms with Gasteiger partial charge in [0.25, 0.3) is 0 Å². The van der Waals surface area contributed by atoms with Crippen molar-refractivity contribution >= 4 is 78.2 Å². The highest BCUT2D eigenvalue weighted by Gasteiger charge is 2.20. The Hall–Kier alpha value is -3.22. The number of hydrogen-bond donors (Lipinski definition) is 2. The number of alkyl halides is 2. The minimum absolute atomic E-state index is 0.346. The summed E-state index contributed by atoms with van der Waals surface area (Å²) in [6, 6.07) is 21.5.